The van der Waals surface area contributed by atoms with Crippen LogP contribution >= 0.6 is 0 Å². The van der Waals surface area contributed by atoms with Gasteiger partial charge in [-0.25, -0.2) is 0 Å². The number of nitrogens with one attached hydrogen (secondary N) is 1. The van der Waals surface area contributed by atoms with Crippen LogP contribution in [0.5, 0.6) is 0 Å². The van der Waals surface area contributed by atoms with Crippen LogP contribution in [0.4, 0.5) is 0 Å². The molecule has 0 unspecified atom stereocenters. The lowest BCUT2D eigenvalue weighted by atomic mass is 9.88. The third kappa shape index (κ3) is 4.21. The maximum Gasteiger partial charge on any atom is 0.258 e. The van der Waals surface area contributed by atoms with Gasteiger partial charge in [-0.2, -0.15) is 0 Å². The summed E-state index contributed by atoms with van der Waals surface area (Å²) in [6, 6.07) is 3.99. The monoisotopic (exact) mass is 453 g/mol. The first-order valence-electron chi connectivity index (χ1n) is 13.2. The number of amides is 1. The van der Waals surface area contributed by atoms with Crippen LogP contribution in [0.2, 0.25) is 0 Å². The van der Waals surface area contributed by atoms with Crippen LogP contribution in [0.3, 0.4) is 0 Å². The molecule has 6 nitrogen and oxygen atoms in total. The fraction of sp³-hybridized carbons (Fsp3) is 0.704. The van der Waals surface area contributed by atoms with Crippen molar-refractivity contribution in [2.24, 2.45) is 17.8 Å². The number of aliphatic hydroxyl groups is 1. The quantitative estimate of drug-likeness (QED) is 0.692. The summed E-state index contributed by atoms with van der Waals surface area (Å²) in [7, 11) is 0. The van der Waals surface area contributed by atoms with Gasteiger partial charge >= 0.3 is 0 Å². The van der Waals surface area contributed by atoms with Crippen LogP contribution in [0.25, 0.3) is 6.08 Å². The van der Waals surface area contributed by atoms with E-state index in [1.165, 1.54) is 44.9 Å². The van der Waals surface area contributed by atoms with Gasteiger partial charge in [-0.1, -0.05) is 44.3 Å². The molecule has 3 fully saturated rings. The number of nitrogens with zero attached hydrogens (tertiary/aromatic N) is 2. The molecule has 2 N–H and O–H groups in total. The highest BCUT2D eigenvalue weighted by molar-refractivity contribution is 5.83. The zero-order valence-electron chi connectivity index (χ0n) is 19.9. The Morgan fingerprint density at radius 3 is 2.55 bits per heavy atom. The van der Waals surface area contributed by atoms with Crippen LogP contribution in [0, 0.1) is 17.8 Å². The fourth-order valence-corrected chi connectivity index (χ4v) is 7.16. The molecule has 33 heavy (non-hydrogen) atoms. The van der Waals surface area contributed by atoms with E-state index in [0.717, 1.165) is 25.1 Å². The zero-order chi connectivity index (χ0) is 22.9. The Labute approximate surface area is 197 Å². The van der Waals surface area contributed by atoms with E-state index < -0.39 is 0 Å². The van der Waals surface area contributed by atoms with Crippen LogP contribution in [0.15, 0.2) is 23.0 Å². The van der Waals surface area contributed by atoms with Crippen molar-refractivity contribution >= 4 is 12.0 Å². The van der Waals surface area contributed by atoms with Crippen molar-refractivity contribution in [3.05, 3.63) is 39.8 Å². The first kappa shape index (κ1) is 22.9. The largest absolute Gasteiger partial charge is 0.396 e. The van der Waals surface area contributed by atoms with Gasteiger partial charge < -0.3 is 15.0 Å². The average molecular weight is 454 g/mol. The van der Waals surface area contributed by atoms with Crippen molar-refractivity contribution in [1.82, 2.24) is 14.8 Å². The summed E-state index contributed by atoms with van der Waals surface area (Å²) >= 11 is 0. The number of likely N-dealkylation sites (tertiary alicyclic amines) is 1. The van der Waals surface area contributed by atoms with Gasteiger partial charge in [-0.15, -0.1) is 0 Å². The number of hydrogen-bond acceptors (Lipinski definition) is 4. The summed E-state index contributed by atoms with van der Waals surface area (Å²) in [5, 5.41) is 13.8. The maximum atomic E-state index is 13.6. The molecular formula is C27H39N3O3. The summed E-state index contributed by atoms with van der Waals surface area (Å²) in [4.78, 5) is 29.2. The highest BCUT2D eigenvalue weighted by Crippen LogP contribution is 2.50. The minimum absolute atomic E-state index is 0.0183. The van der Waals surface area contributed by atoms with Crippen LogP contribution in [-0.4, -0.2) is 45.7 Å². The first-order valence-corrected chi connectivity index (χ1v) is 13.2. The third-order valence-corrected chi connectivity index (χ3v) is 8.73. The van der Waals surface area contributed by atoms with E-state index >= 15 is 0 Å². The molecule has 1 aromatic rings. The molecule has 0 bridgehead atoms. The van der Waals surface area contributed by atoms with Gasteiger partial charge in [0.2, 0.25) is 5.91 Å². The number of rotatable bonds is 6. The lowest BCUT2D eigenvalue weighted by Gasteiger charge is -2.35. The molecule has 6 heteroatoms. The van der Waals surface area contributed by atoms with E-state index in [9.17, 15) is 14.7 Å². The molecule has 2 saturated carbocycles. The molecule has 0 aromatic carbocycles. The number of pyridine rings is 1. The van der Waals surface area contributed by atoms with E-state index in [2.05, 4.69) is 16.3 Å². The SMILES string of the molecule is C/C=C\c1ccc2n(c1=O)C[C@@H]1[C@@H](CO)[C@H](C(=O)NC3CCCC3)N(CC3CCCCC3)[C@H]21. The molecule has 4 aliphatic rings. The molecule has 180 valence electrons. The summed E-state index contributed by atoms with van der Waals surface area (Å²) in [6.07, 6.45) is 14.5. The van der Waals surface area contributed by atoms with Gasteiger partial charge in [-0.3, -0.25) is 14.5 Å². The van der Waals surface area contributed by atoms with Gasteiger partial charge in [0.05, 0.1) is 12.1 Å². The number of allylic oxidation sites excluding steroid dienone is 1. The molecule has 1 aromatic heterocycles. The Bertz CT molecular complexity index is 942. The van der Waals surface area contributed by atoms with E-state index in [0.29, 0.717) is 18.0 Å². The second-order valence-corrected chi connectivity index (χ2v) is 10.7. The number of aliphatic hydroxyl groups excluding tert-OH is 1. The first-order chi connectivity index (χ1) is 16.1. The second-order valence-electron chi connectivity index (χ2n) is 10.7. The van der Waals surface area contributed by atoms with Gasteiger partial charge in [0.1, 0.15) is 0 Å². The van der Waals surface area contributed by atoms with Crippen molar-refractivity contribution in [3.8, 4) is 0 Å². The number of aromatic nitrogens is 1. The van der Waals surface area contributed by atoms with E-state index in [1.54, 1.807) is 0 Å². The summed E-state index contributed by atoms with van der Waals surface area (Å²) in [5.74, 6) is 0.614. The fourth-order valence-electron chi connectivity index (χ4n) is 7.16. The van der Waals surface area contributed by atoms with Crippen molar-refractivity contribution in [1.29, 1.82) is 0 Å². The third-order valence-electron chi connectivity index (χ3n) is 8.73. The standard InChI is InChI=1S/C27H39N3O3/c1-2-8-19-13-14-23-24-21(16-29(23)27(19)33)22(17-31)25(26(32)28-20-11-6-7-12-20)30(24)15-18-9-4-3-5-10-18/h2,8,13-14,18,20-22,24-25,31H,3-7,9-12,15-17H2,1H3,(H,28,32)/b8-2-/t21-,22-,24+,25-/m1/s1. The van der Waals surface area contributed by atoms with Crippen molar-refractivity contribution in [2.45, 2.75) is 89.4 Å². The van der Waals surface area contributed by atoms with Crippen LogP contribution < -0.4 is 10.9 Å². The predicted molar refractivity (Wildman–Crippen MR) is 130 cm³/mol. The number of hydrogen-bond donors (Lipinski definition) is 2. The molecule has 0 radical (unpaired) electrons. The number of carbonyl (C=O) groups is 1. The lowest BCUT2D eigenvalue weighted by Crippen LogP contribution is -2.51. The highest BCUT2D eigenvalue weighted by Gasteiger charge is 2.55. The smallest absolute Gasteiger partial charge is 0.258 e. The minimum atomic E-state index is -0.313. The van der Waals surface area contributed by atoms with E-state index in [4.69, 9.17) is 0 Å². The average Bonchev–Trinajstić information content (AvgIpc) is 3.53. The summed E-state index contributed by atoms with van der Waals surface area (Å²) in [5.41, 5.74) is 1.76. The molecule has 0 spiro atoms. The Hall–Kier alpha value is -1.92. The summed E-state index contributed by atoms with van der Waals surface area (Å²) < 4.78 is 1.91. The normalized spacial score (nSPS) is 30.7. The van der Waals surface area contributed by atoms with Gasteiger partial charge in [0.15, 0.2) is 0 Å². The maximum absolute atomic E-state index is 13.6. The van der Waals surface area contributed by atoms with Crippen LogP contribution in [-0.2, 0) is 11.3 Å². The Balaban J connectivity index is 1.49. The predicted octanol–water partition coefficient (Wildman–Crippen LogP) is 3.48. The van der Waals surface area contributed by atoms with Crippen molar-refractivity contribution < 1.29 is 9.90 Å². The van der Waals surface area contributed by atoms with E-state index in [-0.39, 0.29) is 48.0 Å². The molecule has 1 saturated heterocycles. The molecule has 5 rings (SSSR count). The molecule has 4 atom stereocenters. The lowest BCUT2D eigenvalue weighted by molar-refractivity contribution is -0.128. The number of fused-ring (bicyclic) bond motifs is 3. The number of carbonyl (C=O) groups excluding carboxylic acids is 1. The summed E-state index contributed by atoms with van der Waals surface area (Å²) in [6.45, 7) is 3.37. The van der Waals surface area contributed by atoms with Crippen molar-refractivity contribution in [3.63, 3.8) is 0 Å². The van der Waals surface area contributed by atoms with Crippen molar-refractivity contribution in [2.75, 3.05) is 13.2 Å². The van der Waals surface area contributed by atoms with Gasteiger partial charge in [0.25, 0.3) is 5.56 Å². The topological polar surface area (TPSA) is 74.6 Å². The molecule has 2 aliphatic heterocycles. The second kappa shape index (κ2) is 9.75. The molecule has 2 aliphatic carbocycles. The van der Waals surface area contributed by atoms with Gasteiger partial charge in [0, 0.05) is 48.8 Å². The molecule has 1 amide bonds. The van der Waals surface area contributed by atoms with E-state index in [1.807, 2.05) is 29.7 Å². The Morgan fingerprint density at radius 2 is 1.85 bits per heavy atom. The van der Waals surface area contributed by atoms with Crippen LogP contribution in [0.1, 0.15) is 82.0 Å². The Morgan fingerprint density at radius 1 is 1.12 bits per heavy atom. The molecular weight excluding hydrogens is 414 g/mol. The zero-order valence-corrected chi connectivity index (χ0v) is 19.9. The minimum Gasteiger partial charge on any atom is -0.396 e. The Kier molecular flexibility index (Phi) is 6.75. The molecule has 3 heterocycles. The highest BCUT2D eigenvalue weighted by atomic mass is 16.3. The van der Waals surface area contributed by atoms with Gasteiger partial charge in [-0.05, 0) is 50.7 Å².